The number of aliphatic hydroxyl groups excluding tert-OH is 1. The molecule has 0 bridgehead atoms. The molecule has 2 aromatic heterocycles. The van der Waals surface area contributed by atoms with E-state index in [-0.39, 0.29) is 22.3 Å². The average molecular weight is 646 g/mol. The van der Waals surface area contributed by atoms with Crippen molar-refractivity contribution < 1.29 is 33.0 Å². The molecule has 3 aromatic carbocycles. The molecule has 1 aliphatic rings. The molecule has 1 amide bonds. The Bertz CT molecular complexity index is 1900. The standard InChI is InChI=1S/C33H28FN3O6S2/c1-3-4-16-42-22-14-12-19(13-15-22)27-26(28(38)25-17-20-9-7-11-24(41-2)30(20)43-25)29(39)31(40)37(27)32-35-36-33(45-32)44-18-21-8-5-6-10-23(21)34/h5-15,17,27,39H,3-4,16,18H2,1-2H3. The number of Topliss-reactive ketones (excluding diaryl/α,β-unsaturated/α-hetero) is 1. The van der Waals surface area contributed by atoms with Crippen molar-refractivity contribution in [1.29, 1.82) is 0 Å². The second-order valence-corrected chi connectivity index (χ2v) is 12.3. The molecule has 5 aromatic rings. The number of amides is 1. The maximum absolute atomic E-state index is 14.2. The van der Waals surface area contributed by atoms with Crippen LogP contribution in [0.1, 0.15) is 47.5 Å². The van der Waals surface area contributed by atoms with E-state index in [1.54, 1.807) is 66.7 Å². The Hall–Kier alpha value is -4.68. The van der Waals surface area contributed by atoms with Crippen molar-refractivity contribution in [3.63, 3.8) is 0 Å². The van der Waals surface area contributed by atoms with Crippen molar-refractivity contribution in [2.75, 3.05) is 18.6 Å². The van der Waals surface area contributed by atoms with Crippen LogP contribution in [-0.4, -0.2) is 40.7 Å². The molecule has 0 aliphatic carbocycles. The summed E-state index contributed by atoms with van der Waals surface area (Å²) in [5.41, 5.74) is 1.26. The minimum absolute atomic E-state index is 0.0615. The number of hydrogen-bond acceptors (Lipinski definition) is 10. The minimum Gasteiger partial charge on any atom is -0.503 e. The fraction of sp³-hybridized carbons (Fsp3) is 0.212. The van der Waals surface area contributed by atoms with Crippen molar-refractivity contribution in [2.45, 2.75) is 35.9 Å². The van der Waals surface area contributed by atoms with Crippen LogP contribution in [0.25, 0.3) is 11.0 Å². The highest BCUT2D eigenvalue weighted by Crippen LogP contribution is 2.45. The van der Waals surface area contributed by atoms with Crippen LogP contribution in [0, 0.1) is 5.82 Å². The molecule has 6 rings (SSSR count). The number of aliphatic hydroxyl groups is 1. The summed E-state index contributed by atoms with van der Waals surface area (Å²) in [6.07, 6.45) is 1.89. The largest absolute Gasteiger partial charge is 0.503 e. The normalized spacial score (nSPS) is 14.9. The Morgan fingerprint density at radius 1 is 1.11 bits per heavy atom. The monoisotopic (exact) mass is 645 g/mol. The number of ether oxygens (including phenoxy) is 2. The lowest BCUT2D eigenvalue weighted by molar-refractivity contribution is -0.117. The van der Waals surface area contributed by atoms with Crippen molar-refractivity contribution in [3.8, 4) is 11.5 Å². The summed E-state index contributed by atoms with van der Waals surface area (Å²) in [6.45, 7) is 2.63. The zero-order valence-electron chi connectivity index (χ0n) is 24.4. The lowest BCUT2D eigenvalue weighted by Gasteiger charge is -2.24. The van der Waals surface area contributed by atoms with Gasteiger partial charge in [-0.15, -0.1) is 10.2 Å². The number of rotatable bonds is 12. The number of ketones is 1. The maximum atomic E-state index is 14.2. The fourth-order valence-corrected chi connectivity index (χ4v) is 6.84. The summed E-state index contributed by atoms with van der Waals surface area (Å²) in [4.78, 5) is 29.0. The smallest absolute Gasteiger partial charge is 0.296 e. The van der Waals surface area contributed by atoms with E-state index in [1.165, 1.54) is 29.8 Å². The molecular weight excluding hydrogens is 618 g/mol. The number of carbonyl (C=O) groups excluding carboxylic acids is 2. The van der Waals surface area contributed by atoms with Gasteiger partial charge in [0.15, 0.2) is 27.2 Å². The SMILES string of the molecule is CCCCOc1ccc(C2C(C(=O)c3cc4cccc(OC)c4o3)=C(O)C(=O)N2c2nnc(SCc3ccccc3F)s2)cc1. The first kappa shape index (κ1) is 30.4. The molecule has 1 aliphatic heterocycles. The third-order valence-corrected chi connectivity index (χ3v) is 9.38. The van der Waals surface area contributed by atoms with E-state index in [0.29, 0.717) is 50.3 Å². The number of carbonyl (C=O) groups is 2. The lowest BCUT2D eigenvalue weighted by atomic mass is 9.95. The third-order valence-electron chi connectivity index (χ3n) is 7.28. The number of methoxy groups -OCH3 is 1. The molecule has 12 heteroatoms. The van der Waals surface area contributed by atoms with Crippen LogP contribution < -0.4 is 14.4 Å². The predicted molar refractivity (Wildman–Crippen MR) is 170 cm³/mol. The van der Waals surface area contributed by atoms with Gasteiger partial charge in [0.05, 0.1) is 25.3 Å². The second-order valence-electron chi connectivity index (χ2n) is 10.2. The maximum Gasteiger partial charge on any atom is 0.296 e. The molecule has 230 valence electrons. The molecule has 0 radical (unpaired) electrons. The summed E-state index contributed by atoms with van der Waals surface area (Å²) in [7, 11) is 1.50. The zero-order valence-corrected chi connectivity index (χ0v) is 26.0. The van der Waals surface area contributed by atoms with E-state index in [9.17, 15) is 19.1 Å². The lowest BCUT2D eigenvalue weighted by Crippen LogP contribution is -2.31. The van der Waals surface area contributed by atoms with Crippen LogP contribution in [0.2, 0.25) is 0 Å². The highest BCUT2D eigenvalue weighted by atomic mass is 32.2. The minimum atomic E-state index is -1.04. The summed E-state index contributed by atoms with van der Waals surface area (Å²) >= 11 is 2.37. The summed E-state index contributed by atoms with van der Waals surface area (Å²) < 4.78 is 31.7. The summed E-state index contributed by atoms with van der Waals surface area (Å²) in [6, 6.07) is 19.2. The van der Waals surface area contributed by atoms with Crippen molar-refractivity contribution >= 4 is 50.9 Å². The van der Waals surface area contributed by atoms with Crippen molar-refractivity contribution in [1.82, 2.24) is 10.2 Å². The van der Waals surface area contributed by atoms with E-state index >= 15 is 0 Å². The molecule has 1 unspecified atom stereocenters. The number of unbranched alkanes of at least 4 members (excludes halogenated alkanes) is 1. The predicted octanol–water partition coefficient (Wildman–Crippen LogP) is 7.69. The van der Waals surface area contributed by atoms with Crippen LogP contribution in [-0.2, 0) is 10.5 Å². The molecule has 0 spiro atoms. The highest BCUT2D eigenvalue weighted by Gasteiger charge is 2.47. The Balaban J connectivity index is 1.36. The highest BCUT2D eigenvalue weighted by molar-refractivity contribution is 8.00. The molecule has 0 saturated heterocycles. The fourth-order valence-electron chi connectivity index (χ4n) is 4.99. The first-order valence-electron chi connectivity index (χ1n) is 14.2. The molecule has 45 heavy (non-hydrogen) atoms. The molecule has 0 saturated carbocycles. The van der Waals surface area contributed by atoms with Gasteiger partial charge >= 0.3 is 0 Å². The molecule has 1 N–H and O–H groups in total. The van der Waals surface area contributed by atoms with Crippen LogP contribution in [0.15, 0.2) is 92.9 Å². The number of nitrogens with zero attached hydrogens (tertiary/aromatic N) is 3. The molecule has 3 heterocycles. The topological polar surface area (TPSA) is 115 Å². The van der Waals surface area contributed by atoms with E-state index in [4.69, 9.17) is 13.9 Å². The Morgan fingerprint density at radius 3 is 2.67 bits per heavy atom. The number of anilines is 1. The number of thioether (sulfide) groups is 1. The van der Waals surface area contributed by atoms with Gasteiger partial charge in [-0.1, -0.05) is 78.9 Å². The molecule has 0 fully saturated rings. The van der Waals surface area contributed by atoms with Gasteiger partial charge in [-0.25, -0.2) is 4.39 Å². The molecule has 9 nitrogen and oxygen atoms in total. The number of fused-ring (bicyclic) bond motifs is 1. The quantitative estimate of drug-likeness (QED) is 0.0631. The molecular formula is C33H28FN3O6S2. The second kappa shape index (κ2) is 13.1. The molecule has 1 atom stereocenters. The number of para-hydroxylation sites is 1. The zero-order chi connectivity index (χ0) is 31.5. The first-order chi connectivity index (χ1) is 21.9. The van der Waals surface area contributed by atoms with Gasteiger partial charge in [0.2, 0.25) is 10.9 Å². The van der Waals surface area contributed by atoms with E-state index in [2.05, 4.69) is 17.1 Å². The van der Waals surface area contributed by atoms with Gasteiger partial charge in [0.1, 0.15) is 11.6 Å². The Kier molecular flexibility index (Phi) is 8.85. The number of hydrogen-bond donors (Lipinski definition) is 1. The van der Waals surface area contributed by atoms with Gasteiger partial charge in [-0.3, -0.25) is 14.5 Å². The van der Waals surface area contributed by atoms with Gasteiger partial charge < -0.3 is 19.0 Å². The van der Waals surface area contributed by atoms with Gasteiger partial charge in [0, 0.05) is 11.1 Å². The van der Waals surface area contributed by atoms with E-state index in [1.807, 2.05) is 0 Å². The van der Waals surface area contributed by atoms with Gasteiger partial charge in [-0.2, -0.15) is 0 Å². The van der Waals surface area contributed by atoms with Crippen LogP contribution >= 0.6 is 23.1 Å². The number of benzene rings is 3. The number of aromatic nitrogens is 2. The first-order valence-corrected chi connectivity index (χ1v) is 16.0. The van der Waals surface area contributed by atoms with Gasteiger partial charge in [-0.05, 0) is 47.9 Å². The van der Waals surface area contributed by atoms with Crippen molar-refractivity contribution in [3.05, 3.63) is 107 Å². The Labute approximate surface area is 266 Å². The van der Waals surface area contributed by atoms with Crippen molar-refractivity contribution in [2.24, 2.45) is 0 Å². The van der Waals surface area contributed by atoms with Gasteiger partial charge in [0.25, 0.3) is 5.91 Å². The number of halogens is 1. The third kappa shape index (κ3) is 6.03. The number of furan rings is 1. The summed E-state index contributed by atoms with van der Waals surface area (Å²) in [5, 5.41) is 20.4. The summed E-state index contributed by atoms with van der Waals surface area (Å²) in [5.74, 6) is -1.18. The van der Waals surface area contributed by atoms with Crippen LogP contribution in [0.5, 0.6) is 11.5 Å². The Morgan fingerprint density at radius 2 is 1.91 bits per heavy atom. The average Bonchev–Trinajstić information content (AvgIpc) is 3.77. The van der Waals surface area contributed by atoms with Crippen LogP contribution in [0.3, 0.4) is 0 Å². The van der Waals surface area contributed by atoms with Crippen LogP contribution in [0.4, 0.5) is 9.52 Å². The van der Waals surface area contributed by atoms with E-state index < -0.39 is 23.5 Å². The van der Waals surface area contributed by atoms with E-state index in [0.717, 1.165) is 24.2 Å².